The topological polar surface area (TPSA) is 77.2 Å². The molecule has 2 aromatic heterocycles. The summed E-state index contributed by atoms with van der Waals surface area (Å²) in [4.78, 5) is 11.0. The Balaban J connectivity index is 1.04. The largest absolute Gasteiger partial charge is 0.494 e. The van der Waals surface area contributed by atoms with Crippen LogP contribution in [0.25, 0.3) is 0 Å². The Morgan fingerprint density at radius 1 is 1.12 bits per heavy atom. The molecule has 1 aromatic carbocycles. The Morgan fingerprint density at radius 3 is 2.61 bits per heavy atom. The van der Waals surface area contributed by atoms with Gasteiger partial charge in [0.05, 0.1) is 30.4 Å². The predicted octanol–water partition coefficient (Wildman–Crippen LogP) is 5.04. The number of aryl methyl sites for hydroxylation is 2. The maximum atomic E-state index is 6.08. The number of aromatic nitrogens is 4. The lowest BCUT2D eigenvalue weighted by Crippen LogP contribution is -2.35. The summed E-state index contributed by atoms with van der Waals surface area (Å²) < 4.78 is 11.6. The van der Waals surface area contributed by atoms with Gasteiger partial charge in [-0.2, -0.15) is 0 Å². The van der Waals surface area contributed by atoms with Crippen molar-refractivity contribution in [3.05, 3.63) is 58.5 Å². The van der Waals surface area contributed by atoms with Crippen molar-refractivity contribution in [2.45, 2.75) is 46.0 Å². The molecule has 174 valence electrons. The SMILES string of the molecule is Cc1nnc(Cc2ccc(OCCC3CC3C3CCN(c4ncc(Cl)cn4)CC3)cc2C)o1. The average molecular weight is 468 g/mol. The Bertz CT molecular complexity index is 1080. The molecule has 1 saturated carbocycles. The molecule has 0 radical (unpaired) electrons. The van der Waals surface area contributed by atoms with E-state index in [4.69, 9.17) is 20.8 Å². The van der Waals surface area contributed by atoms with Crippen LogP contribution in [-0.2, 0) is 6.42 Å². The lowest BCUT2D eigenvalue weighted by molar-refractivity contribution is 0.284. The minimum atomic E-state index is 0.585. The first-order valence-electron chi connectivity index (χ1n) is 11.8. The molecule has 3 aromatic rings. The van der Waals surface area contributed by atoms with Crippen molar-refractivity contribution < 1.29 is 9.15 Å². The molecule has 0 amide bonds. The fraction of sp³-hybridized carbons (Fsp3) is 0.520. The Labute approximate surface area is 199 Å². The Morgan fingerprint density at radius 2 is 1.91 bits per heavy atom. The molecular weight excluding hydrogens is 438 g/mol. The summed E-state index contributed by atoms with van der Waals surface area (Å²) in [5.74, 6) is 5.45. The lowest BCUT2D eigenvalue weighted by atomic mass is 9.90. The molecule has 3 heterocycles. The van der Waals surface area contributed by atoms with Gasteiger partial charge >= 0.3 is 0 Å². The number of hydrogen-bond acceptors (Lipinski definition) is 7. The molecule has 2 fully saturated rings. The van der Waals surface area contributed by atoms with Crippen molar-refractivity contribution in [1.82, 2.24) is 20.2 Å². The normalized spacial score (nSPS) is 20.8. The van der Waals surface area contributed by atoms with Gasteiger partial charge in [-0.3, -0.25) is 0 Å². The molecule has 7 nitrogen and oxygen atoms in total. The third-order valence-corrected chi connectivity index (χ3v) is 7.19. The third kappa shape index (κ3) is 5.46. The van der Waals surface area contributed by atoms with E-state index in [1.54, 1.807) is 12.4 Å². The molecule has 1 aliphatic carbocycles. The number of halogens is 1. The van der Waals surface area contributed by atoms with Gasteiger partial charge in [0.1, 0.15) is 5.75 Å². The van der Waals surface area contributed by atoms with E-state index in [-0.39, 0.29) is 0 Å². The van der Waals surface area contributed by atoms with E-state index in [0.29, 0.717) is 23.2 Å². The standard InChI is InChI=1S/C25H30ClN5O2/c1-16-11-22(4-3-19(16)13-24-30-29-17(2)33-24)32-10-7-20-12-23(20)18-5-8-31(9-6-18)25-27-14-21(26)15-28-25/h3-4,11,14-15,18,20,23H,5-10,12-13H2,1-2H3. The van der Waals surface area contributed by atoms with Crippen LogP contribution in [0.15, 0.2) is 35.0 Å². The lowest BCUT2D eigenvalue weighted by Gasteiger charge is -2.32. The number of piperidine rings is 1. The fourth-order valence-electron chi connectivity index (χ4n) is 5.03. The second-order valence-corrected chi connectivity index (χ2v) is 9.74. The molecule has 8 heteroatoms. The molecule has 2 aliphatic rings. The summed E-state index contributed by atoms with van der Waals surface area (Å²) in [5, 5.41) is 8.57. The van der Waals surface area contributed by atoms with Crippen LogP contribution in [0.5, 0.6) is 5.75 Å². The van der Waals surface area contributed by atoms with Gasteiger partial charge < -0.3 is 14.1 Å². The van der Waals surface area contributed by atoms with Crippen LogP contribution in [0.4, 0.5) is 5.95 Å². The van der Waals surface area contributed by atoms with E-state index >= 15 is 0 Å². The highest BCUT2D eigenvalue weighted by Gasteiger charge is 2.43. The van der Waals surface area contributed by atoms with Crippen LogP contribution in [0.2, 0.25) is 5.02 Å². The molecular formula is C25H30ClN5O2. The molecule has 0 N–H and O–H groups in total. The number of anilines is 1. The minimum absolute atomic E-state index is 0.585. The Kier molecular flexibility index (Phi) is 6.49. The fourth-order valence-corrected chi connectivity index (χ4v) is 5.13. The first-order chi connectivity index (χ1) is 16.0. The average Bonchev–Trinajstić information content (AvgIpc) is 3.48. The number of hydrogen-bond donors (Lipinski definition) is 0. The van der Waals surface area contributed by atoms with E-state index in [2.05, 4.69) is 44.1 Å². The summed E-state index contributed by atoms with van der Waals surface area (Å²) >= 11 is 5.90. The van der Waals surface area contributed by atoms with Gasteiger partial charge in [0, 0.05) is 20.0 Å². The highest BCUT2D eigenvalue weighted by atomic mass is 35.5. The van der Waals surface area contributed by atoms with E-state index in [0.717, 1.165) is 55.6 Å². The van der Waals surface area contributed by atoms with Crippen LogP contribution >= 0.6 is 11.6 Å². The van der Waals surface area contributed by atoms with Crippen LogP contribution in [0.1, 0.15) is 48.6 Å². The van der Waals surface area contributed by atoms with Crippen LogP contribution in [0, 0.1) is 31.6 Å². The smallest absolute Gasteiger partial charge is 0.225 e. The van der Waals surface area contributed by atoms with Crippen molar-refractivity contribution >= 4 is 17.5 Å². The summed E-state index contributed by atoms with van der Waals surface area (Å²) in [7, 11) is 0. The zero-order valence-electron chi connectivity index (χ0n) is 19.2. The summed E-state index contributed by atoms with van der Waals surface area (Å²) in [6.07, 6.45) is 8.91. The summed E-state index contributed by atoms with van der Waals surface area (Å²) in [5.41, 5.74) is 2.37. The van der Waals surface area contributed by atoms with Gasteiger partial charge in [0.25, 0.3) is 0 Å². The zero-order chi connectivity index (χ0) is 22.8. The molecule has 2 unspecified atom stereocenters. The predicted molar refractivity (Wildman–Crippen MR) is 127 cm³/mol. The van der Waals surface area contributed by atoms with Gasteiger partial charge in [-0.1, -0.05) is 17.7 Å². The maximum absolute atomic E-state index is 6.08. The second-order valence-electron chi connectivity index (χ2n) is 9.30. The van der Waals surface area contributed by atoms with Crippen LogP contribution < -0.4 is 9.64 Å². The first-order valence-corrected chi connectivity index (χ1v) is 12.2. The number of ether oxygens (including phenoxy) is 1. The quantitative estimate of drug-likeness (QED) is 0.459. The van der Waals surface area contributed by atoms with E-state index in [1.165, 1.54) is 30.4 Å². The van der Waals surface area contributed by atoms with Crippen LogP contribution in [-0.4, -0.2) is 39.9 Å². The molecule has 2 atom stereocenters. The third-order valence-electron chi connectivity index (χ3n) is 6.99. The highest BCUT2D eigenvalue weighted by Crippen LogP contribution is 2.49. The van der Waals surface area contributed by atoms with E-state index in [9.17, 15) is 0 Å². The van der Waals surface area contributed by atoms with Gasteiger partial charge in [0.15, 0.2) is 0 Å². The molecule has 1 saturated heterocycles. The molecule has 0 spiro atoms. The number of rotatable bonds is 8. The molecule has 0 bridgehead atoms. The van der Waals surface area contributed by atoms with E-state index < -0.39 is 0 Å². The van der Waals surface area contributed by atoms with Crippen molar-refractivity contribution in [2.75, 3.05) is 24.6 Å². The summed E-state index contributed by atoms with van der Waals surface area (Å²) in [6.45, 7) is 6.75. The van der Waals surface area contributed by atoms with E-state index in [1.807, 2.05) is 13.0 Å². The van der Waals surface area contributed by atoms with Gasteiger partial charge in [-0.05, 0) is 73.6 Å². The van der Waals surface area contributed by atoms with Crippen LogP contribution in [0.3, 0.4) is 0 Å². The Hall–Kier alpha value is -2.67. The first kappa shape index (κ1) is 22.1. The zero-order valence-corrected chi connectivity index (χ0v) is 20.0. The monoisotopic (exact) mass is 467 g/mol. The highest BCUT2D eigenvalue weighted by molar-refractivity contribution is 6.30. The summed E-state index contributed by atoms with van der Waals surface area (Å²) in [6, 6.07) is 6.25. The second kappa shape index (κ2) is 9.67. The molecule has 1 aliphatic heterocycles. The minimum Gasteiger partial charge on any atom is -0.494 e. The van der Waals surface area contributed by atoms with Crippen molar-refractivity contribution in [3.63, 3.8) is 0 Å². The van der Waals surface area contributed by atoms with Crippen molar-refractivity contribution in [1.29, 1.82) is 0 Å². The maximum Gasteiger partial charge on any atom is 0.225 e. The molecule has 5 rings (SSSR count). The van der Waals surface area contributed by atoms with Gasteiger partial charge in [0.2, 0.25) is 17.7 Å². The van der Waals surface area contributed by atoms with Crippen molar-refractivity contribution in [3.8, 4) is 5.75 Å². The number of nitrogens with zero attached hydrogens (tertiary/aromatic N) is 5. The van der Waals surface area contributed by atoms with Crippen molar-refractivity contribution in [2.24, 2.45) is 17.8 Å². The van der Waals surface area contributed by atoms with Gasteiger partial charge in [-0.25, -0.2) is 9.97 Å². The van der Waals surface area contributed by atoms with Gasteiger partial charge in [-0.15, -0.1) is 10.2 Å². The molecule has 33 heavy (non-hydrogen) atoms. The number of benzene rings is 1.